The Morgan fingerprint density at radius 1 is 1.22 bits per heavy atom. The average Bonchev–Trinajstić information content (AvgIpc) is 2.92. The number of carboxylic acid groups (broad SMARTS) is 1. The normalized spacial score (nSPS) is 22.3. The fourth-order valence-corrected chi connectivity index (χ4v) is 2.67. The third-order valence-corrected chi connectivity index (χ3v) is 4.53. The zero-order valence-corrected chi connectivity index (χ0v) is 13.2. The smallest absolute Gasteiger partial charge is 0.394 e. The minimum absolute atomic E-state index is 0.113. The Kier molecular flexibility index (Phi) is 6.26. The number of carboxylic acids is 1. The van der Waals surface area contributed by atoms with Gasteiger partial charge in [-0.2, -0.15) is 13.2 Å². The lowest BCUT2D eigenvalue weighted by atomic mass is 9.94. The van der Waals surface area contributed by atoms with Gasteiger partial charge in [-0.15, -0.1) is 0 Å². The van der Waals surface area contributed by atoms with E-state index in [9.17, 15) is 27.9 Å². The van der Waals surface area contributed by atoms with E-state index < -0.39 is 48.7 Å². The number of nitrogens with one attached hydrogen (secondary N) is 1. The number of carbonyl (C=O) groups is 2. The van der Waals surface area contributed by atoms with E-state index in [4.69, 9.17) is 5.11 Å². The third kappa shape index (κ3) is 4.98. The van der Waals surface area contributed by atoms with Crippen LogP contribution in [0, 0.1) is 11.8 Å². The van der Waals surface area contributed by atoms with Crippen molar-refractivity contribution in [1.29, 1.82) is 0 Å². The highest BCUT2D eigenvalue weighted by Crippen LogP contribution is 2.37. The molecule has 1 aliphatic heterocycles. The highest BCUT2D eigenvalue weighted by atomic mass is 19.4. The number of aliphatic carboxylic acids is 1. The number of rotatable bonds is 6. The molecule has 2 atom stereocenters. The topological polar surface area (TPSA) is 89.9 Å². The molecule has 0 unspecified atom stereocenters. The zero-order valence-electron chi connectivity index (χ0n) is 13.2. The van der Waals surface area contributed by atoms with E-state index in [-0.39, 0.29) is 13.0 Å². The number of carbonyl (C=O) groups excluding carboxylic acids is 1. The van der Waals surface area contributed by atoms with Crippen molar-refractivity contribution in [2.75, 3.05) is 19.6 Å². The Balaban J connectivity index is 2.60. The van der Waals surface area contributed by atoms with Crippen LogP contribution in [-0.4, -0.2) is 58.5 Å². The van der Waals surface area contributed by atoms with E-state index in [2.05, 4.69) is 5.32 Å². The van der Waals surface area contributed by atoms with E-state index in [1.807, 2.05) is 0 Å². The highest BCUT2D eigenvalue weighted by Gasteiger charge is 2.53. The molecule has 1 fully saturated rings. The van der Waals surface area contributed by atoms with E-state index >= 15 is 0 Å². The van der Waals surface area contributed by atoms with Crippen LogP contribution in [-0.2, 0) is 4.79 Å². The molecule has 0 radical (unpaired) electrons. The fraction of sp³-hybridized carbons (Fsp3) is 0.857. The van der Waals surface area contributed by atoms with Crippen molar-refractivity contribution in [2.24, 2.45) is 11.8 Å². The molecular formula is C14H23F3N2O4. The highest BCUT2D eigenvalue weighted by molar-refractivity contribution is 5.77. The van der Waals surface area contributed by atoms with E-state index in [0.29, 0.717) is 12.8 Å². The minimum Gasteiger partial charge on any atom is -0.481 e. The number of nitrogens with zero attached hydrogens (tertiary/aromatic N) is 1. The van der Waals surface area contributed by atoms with Gasteiger partial charge in [-0.05, 0) is 19.3 Å². The summed E-state index contributed by atoms with van der Waals surface area (Å²) < 4.78 is 38.6. The van der Waals surface area contributed by atoms with Gasteiger partial charge < -0.3 is 20.4 Å². The Morgan fingerprint density at radius 3 is 2.17 bits per heavy atom. The van der Waals surface area contributed by atoms with Crippen LogP contribution >= 0.6 is 0 Å². The third-order valence-electron chi connectivity index (χ3n) is 4.53. The SMILES string of the molecule is CCC(O)(CC)CCNC(=O)N1C[C@@H](C(F)(F)F)[C@H](C(=O)O)C1. The van der Waals surface area contributed by atoms with Crippen LogP contribution in [0.5, 0.6) is 0 Å². The average molecular weight is 340 g/mol. The maximum Gasteiger partial charge on any atom is 0.394 e. The quantitative estimate of drug-likeness (QED) is 0.688. The molecule has 1 heterocycles. The molecule has 3 N–H and O–H groups in total. The van der Waals surface area contributed by atoms with Gasteiger partial charge in [0.15, 0.2) is 0 Å². The molecule has 2 amide bonds. The van der Waals surface area contributed by atoms with Crippen molar-refractivity contribution in [1.82, 2.24) is 10.2 Å². The van der Waals surface area contributed by atoms with E-state index in [1.165, 1.54) is 0 Å². The second-order valence-corrected chi connectivity index (χ2v) is 5.91. The van der Waals surface area contributed by atoms with Crippen LogP contribution in [0.2, 0.25) is 0 Å². The van der Waals surface area contributed by atoms with Crippen molar-refractivity contribution >= 4 is 12.0 Å². The first-order valence-electron chi connectivity index (χ1n) is 7.58. The zero-order chi connectivity index (χ0) is 17.8. The van der Waals surface area contributed by atoms with Crippen molar-refractivity contribution in [3.8, 4) is 0 Å². The Bertz CT molecular complexity index is 438. The maximum atomic E-state index is 12.9. The first kappa shape index (κ1) is 19.5. The standard InChI is InChI=1S/C14H23F3N2O4/c1-3-13(23,4-2)5-6-18-12(22)19-7-9(11(20)21)10(8-19)14(15,16)17/h9-10,23H,3-8H2,1-2H3,(H,18,22)(H,20,21)/t9-,10-/m1/s1. The number of halogens is 3. The largest absolute Gasteiger partial charge is 0.481 e. The summed E-state index contributed by atoms with van der Waals surface area (Å²) in [6.45, 7) is 2.57. The molecule has 1 aliphatic rings. The van der Waals surface area contributed by atoms with Crippen LogP contribution in [0.15, 0.2) is 0 Å². The Labute approximate surface area is 132 Å². The van der Waals surface area contributed by atoms with Gasteiger partial charge in [0.1, 0.15) is 0 Å². The molecule has 1 saturated heterocycles. The predicted octanol–water partition coefficient (Wildman–Crippen LogP) is 1.83. The van der Waals surface area contributed by atoms with Gasteiger partial charge in [0.25, 0.3) is 0 Å². The number of urea groups is 1. The molecule has 1 rings (SSSR count). The van der Waals surface area contributed by atoms with Crippen LogP contribution < -0.4 is 5.32 Å². The summed E-state index contributed by atoms with van der Waals surface area (Å²) in [7, 11) is 0. The van der Waals surface area contributed by atoms with Crippen LogP contribution in [0.4, 0.5) is 18.0 Å². The molecule has 0 saturated carbocycles. The molecule has 0 aromatic heterocycles. The lowest BCUT2D eigenvalue weighted by Crippen LogP contribution is -2.42. The molecule has 23 heavy (non-hydrogen) atoms. The van der Waals surface area contributed by atoms with Crippen molar-refractivity contribution in [3.05, 3.63) is 0 Å². The van der Waals surface area contributed by atoms with Gasteiger partial charge in [0.05, 0.1) is 17.4 Å². The Morgan fingerprint density at radius 2 is 1.78 bits per heavy atom. The van der Waals surface area contributed by atoms with E-state index in [1.54, 1.807) is 13.8 Å². The number of aliphatic hydroxyl groups is 1. The van der Waals surface area contributed by atoms with Crippen molar-refractivity contribution < 1.29 is 33.0 Å². The van der Waals surface area contributed by atoms with Crippen molar-refractivity contribution in [2.45, 2.75) is 44.9 Å². The molecule has 0 aromatic rings. The summed E-state index contributed by atoms with van der Waals surface area (Å²) in [5.74, 6) is -5.27. The van der Waals surface area contributed by atoms with Gasteiger partial charge in [-0.1, -0.05) is 13.8 Å². The number of amides is 2. The summed E-state index contributed by atoms with van der Waals surface area (Å²) in [5, 5.41) is 21.4. The van der Waals surface area contributed by atoms with Gasteiger partial charge in [-0.25, -0.2) is 4.79 Å². The summed E-state index contributed by atoms with van der Waals surface area (Å²) in [6, 6.07) is -0.738. The first-order valence-corrected chi connectivity index (χ1v) is 7.58. The second-order valence-electron chi connectivity index (χ2n) is 5.91. The molecular weight excluding hydrogens is 317 g/mol. The number of hydrogen-bond acceptors (Lipinski definition) is 3. The van der Waals surface area contributed by atoms with Crippen molar-refractivity contribution in [3.63, 3.8) is 0 Å². The summed E-state index contributed by atoms with van der Waals surface area (Å²) in [4.78, 5) is 23.7. The second kappa shape index (κ2) is 7.37. The van der Waals surface area contributed by atoms with Gasteiger partial charge in [-0.3, -0.25) is 4.79 Å². The lowest BCUT2D eigenvalue weighted by Gasteiger charge is -2.26. The maximum absolute atomic E-state index is 12.9. The fourth-order valence-electron chi connectivity index (χ4n) is 2.67. The van der Waals surface area contributed by atoms with Gasteiger partial charge >= 0.3 is 18.2 Å². The molecule has 0 spiro atoms. The minimum atomic E-state index is -4.66. The summed E-state index contributed by atoms with van der Waals surface area (Å²) in [5.41, 5.74) is -0.920. The Hall–Kier alpha value is -1.51. The number of alkyl halides is 3. The molecule has 0 aromatic carbocycles. The van der Waals surface area contributed by atoms with E-state index in [0.717, 1.165) is 4.90 Å². The number of likely N-dealkylation sites (tertiary alicyclic amines) is 1. The monoisotopic (exact) mass is 340 g/mol. The first-order chi connectivity index (χ1) is 10.5. The molecule has 6 nitrogen and oxygen atoms in total. The summed E-state index contributed by atoms with van der Waals surface area (Å²) in [6.07, 6.45) is -3.38. The van der Waals surface area contributed by atoms with Crippen LogP contribution in [0.3, 0.4) is 0 Å². The van der Waals surface area contributed by atoms with Gasteiger partial charge in [0.2, 0.25) is 0 Å². The predicted molar refractivity (Wildman–Crippen MR) is 75.8 cm³/mol. The summed E-state index contributed by atoms with van der Waals surface area (Å²) >= 11 is 0. The molecule has 134 valence electrons. The van der Waals surface area contributed by atoms with Crippen LogP contribution in [0.1, 0.15) is 33.1 Å². The lowest BCUT2D eigenvalue weighted by molar-refractivity contribution is -0.187. The number of hydrogen-bond donors (Lipinski definition) is 3. The molecule has 0 bridgehead atoms. The van der Waals surface area contributed by atoms with Crippen LogP contribution in [0.25, 0.3) is 0 Å². The van der Waals surface area contributed by atoms with Gasteiger partial charge in [0, 0.05) is 19.6 Å². The molecule has 0 aliphatic carbocycles. The molecule has 9 heteroatoms.